The Morgan fingerprint density at radius 1 is 1.00 bits per heavy atom. The molecule has 128 valence electrons. The van der Waals surface area contributed by atoms with Crippen LogP contribution in [0.2, 0.25) is 0 Å². The van der Waals surface area contributed by atoms with Crippen molar-refractivity contribution < 1.29 is 9.18 Å². The fraction of sp³-hybridized carbons (Fsp3) is 0.0476. The van der Waals surface area contributed by atoms with Crippen molar-refractivity contribution in [3.63, 3.8) is 0 Å². The minimum absolute atomic E-state index is 0.213. The van der Waals surface area contributed by atoms with Crippen LogP contribution >= 0.6 is 0 Å². The average Bonchev–Trinajstić information content (AvgIpc) is 2.94. The lowest BCUT2D eigenvalue weighted by molar-refractivity contribution is 0.0844. The molecule has 0 bridgehead atoms. The molecule has 0 saturated carbocycles. The van der Waals surface area contributed by atoms with Crippen LogP contribution in [0.5, 0.6) is 0 Å². The molecule has 4 rings (SSSR count). The third kappa shape index (κ3) is 2.73. The SMILES string of the molecule is CN(c1ccccn1)N1C(=O)c2ccc(F)cc2/C1=C/c1ccccc1. The molecule has 2 heterocycles. The number of hydrazine groups is 1. The number of benzene rings is 2. The molecule has 1 aliphatic heterocycles. The summed E-state index contributed by atoms with van der Waals surface area (Å²) in [4.78, 5) is 17.3. The van der Waals surface area contributed by atoms with Crippen LogP contribution in [-0.2, 0) is 0 Å². The number of pyridine rings is 1. The van der Waals surface area contributed by atoms with E-state index >= 15 is 0 Å². The molecule has 0 unspecified atom stereocenters. The highest BCUT2D eigenvalue weighted by molar-refractivity contribution is 6.12. The first-order chi connectivity index (χ1) is 12.6. The molecular formula is C21H16FN3O. The summed E-state index contributed by atoms with van der Waals surface area (Å²) < 4.78 is 13.9. The maximum absolute atomic E-state index is 13.9. The van der Waals surface area contributed by atoms with Crippen molar-refractivity contribution in [3.05, 3.63) is 95.4 Å². The number of rotatable bonds is 3. The van der Waals surface area contributed by atoms with E-state index in [4.69, 9.17) is 0 Å². The van der Waals surface area contributed by atoms with Crippen molar-refractivity contribution in [2.24, 2.45) is 0 Å². The highest BCUT2D eigenvalue weighted by atomic mass is 19.1. The molecule has 1 aromatic heterocycles. The van der Waals surface area contributed by atoms with Crippen molar-refractivity contribution in [1.82, 2.24) is 9.99 Å². The Labute approximate surface area is 150 Å². The van der Waals surface area contributed by atoms with Crippen LogP contribution in [0.3, 0.4) is 0 Å². The van der Waals surface area contributed by atoms with Crippen molar-refractivity contribution >= 4 is 23.5 Å². The minimum Gasteiger partial charge on any atom is -0.267 e. The Hall–Kier alpha value is -3.47. The molecule has 26 heavy (non-hydrogen) atoms. The number of halogens is 1. The van der Waals surface area contributed by atoms with Gasteiger partial charge in [-0.1, -0.05) is 36.4 Å². The van der Waals surface area contributed by atoms with E-state index in [1.54, 1.807) is 18.3 Å². The lowest BCUT2D eigenvalue weighted by Crippen LogP contribution is -2.39. The average molecular weight is 345 g/mol. The van der Waals surface area contributed by atoms with Crippen LogP contribution in [0.25, 0.3) is 11.8 Å². The van der Waals surface area contributed by atoms with Crippen LogP contribution in [-0.4, -0.2) is 22.9 Å². The first kappa shape index (κ1) is 16.0. The van der Waals surface area contributed by atoms with Gasteiger partial charge in [-0.3, -0.25) is 9.80 Å². The topological polar surface area (TPSA) is 36.4 Å². The second-order valence-electron chi connectivity index (χ2n) is 5.96. The summed E-state index contributed by atoms with van der Waals surface area (Å²) >= 11 is 0. The zero-order valence-corrected chi connectivity index (χ0v) is 14.1. The molecule has 0 spiro atoms. The fourth-order valence-corrected chi connectivity index (χ4v) is 3.04. The van der Waals surface area contributed by atoms with Crippen LogP contribution in [0.1, 0.15) is 21.5 Å². The Bertz CT molecular complexity index is 987. The van der Waals surface area contributed by atoms with E-state index in [-0.39, 0.29) is 11.7 Å². The molecule has 0 aliphatic carbocycles. The Morgan fingerprint density at radius 3 is 2.50 bits per heavy atom. The van der Waals surface area contributed by atoms with Gasteiger partial charge in [-0.05, 0) is 42.0 Å². The molecular weight excluding hydrogens is 329 g/mol. The molecule has 0 radical (unpaired) electrons. The van der Waals surface area contributed by atoms with Gasteiger partial charge in [0.2, 0.25) is 0 Å². The number of carbonyl (C=O) groups excluding carboxylic acids is 1. The third-order valence-electron chi connectivity index (χ3n) is 4.29. The normalized spacial score (nSPS) is 14.6. The molecule has 4 nitrogen and oxygen atoms in total. The molecule has 0 fully saturated rings. The van der Waals surface area contributed by atoms with Crippen molar-refractivity contribution in [2.45, 2.75) is 0 Å². The number of hydrogen-bond donors (Lipinski definition) is 0. The van der Waals surface area contributed by atoms with Gasteiger partial charge >= 0.3 is 0 Å². The predicted octanol–water partition coefficient (Wildman–Crippen LogP) is 4.23. The molecule has 1 aliphatic rings. The molecule has 3 aromatic rings. The summed E-state index contributed by atoms with van der Waals surface area (Å²) in [6, 6.07) is 19.4. The second-order valence-corrected chi connectivity index (χ2v) is 5.96. The van der Waals surface area contributed by atoms with Crippen LogP contribution < -0.4 is 5.01 Å². The van der Waals surface area contributed by atoms with E-state index in [9.17, 15) is 9.18 Å². The number of hydrogen-bond acceptors (Lipinski definition) is 3. The zero-order chi connectivity index (χ0) is 18.1. The number of nitrogens with zero attached hydrogens (tertiary/aromatic N) is 3. The highest BCUT2D eigenvalue weighted by Crippen LogP contribution is 2.36. The van der Waals surface area contributed by atoms with Gasteiger partial charge in [-0.2, -0.15) is 0 Å². The number of anilines is 1. The van der Waals surface area contributed by atoms with Gasteiger partial charge in [0.05, 0.1) is 11.3 Å². The molecule has 0 atom stereocenters. The molecule has 1 amide bonds. The van der Waals surface area contributed by atoms with E-state index in [1.165, 1.54) is 23.2 Å². The smallest absolute Gasteiger partial charge is 0.267 e. The maximum Gasteiger partial charge on any atom is 0.277 e. The lowest BCUT2D eigenvalue weighted by atomic mass is 10.1. The number of aromatic nitrogens is 1. The Balaban J connectivity index is 1.87. The van der Waals surface area contributed by atoms with E-state index in [2.05, 4.69) is 4.98 Å². The Kier molecular flexibility index (Phi) is 3.97. The molecule has 2 aromatic carbocycles. The van der Waals surface area contributed by atoms with E-state index < -0.39 is 0 Å². The summed E-state index contributed by atoms with van der Waals surface area (Å²) in [6.45, 7) is 0. The first-order valence-electron chi connectivity index (χ1n) is 8.21. The summed E-state index contributed by atoms with van der Waals surface area (Å²) in [5.41, 5.74) is 2.58. The van der Waals surface area contributed by atoms with E-state index in [1.807, 2.05) is 54.6 Å². The van der Waals surface area contributed by atoms with Gasteiger partial charge in [0.25, 0.3) is 5.91 Å². The van der Waals surface area contributed by atoms with Crippen molar-refractivity contribution in [1.29, 1.82) is 0 Å². The maximum atomic E-state index is 13.9. The summed E-state index contributed by atoms with van der Waals surface area (Å²) in [6.07, 6.45) is 3.54. The monoisotopic (exact) mass is 345 g/mol. The fourth-order valence-electron chi connectivity index (χ4n) is 3.04. The van der Waals surface area contributed by atoms with Crippen LogP contribution in [0, 0.1) is 5.82 Å². The van der Waals surface area contributed by atoms with Gasteiger partial charge in [0.1, 0.15) is 11.6 Å². The first-order valence-corrected chi connectivity index (χ1v) is 8.21. The zero-order valence-electron chi connectivity index (χ0n) is 14.1. The largest absolute Gasteiger partial charge is 0.277 e. The standard InChI is InChI=1S/C21H16FN3O/c1-24(20-9-5-6-12-23-20)25-19(13-15-7-3-2-4-8-15)18-14-16(22)10-11-17(18)21(25)26/h2-14H,1H3/b19-13-. The van der Waals surface area contributed by atoms with E-state index in [0.29, 0.717) is 22.6 Å². The van der Waals surface area contributed by atoms with E-state index in [0.717, 1.165) is 5.56 Å². The van der Waals surface area contributed by atoms with Crippen LogP contribution in [0.4, 0.5) is 10.2 Å². The molecule has 5 heteroatoms. The second kappa shape index (κ2) is 6.44. The van der Waals surface area contributed by atoms with Gasteiger partial charge in [0, 0.05) is 18.8 Å². The highest BCUT2D eigenvalue weighted by Gasteiger charge is 2.36. The quantitative estimate of drug-likeness (QED) is 0.713. The molecule has 0 N–H and O–H groups in total. The number of fused-ring (bicyclic) bond motifs is 1. The summed E-state index contributed by atoms with van der Waals surface area (Å²) in [5.74, 6) is 0.0290. The number of carbonyl (C=O) groups is 1. The third-order valence-corrected chi connectivity index (χ3v) is 4.29. The van der Waals surface area contributed by atoms with Gasteiger partial charge in [-0.15, -0.1) is 0 Å². The van der Waals surface area contributed by atoms with Gasteiger partial charge in [0.15, 0.2) is 0 Å². The molecule has 0 saturated heterocycles. The Morgan fingerprint density at radius 2 is 1.77 bits per heavy atom. The number of amides is 1. The summed E-state index contributed by atoms with van der Waals surface area (Å²) in [7, 11) is 1.77. The van der Waals surface area contributed by atoms with Crippen molar-refractivity contribution in [3.8, 4) is 0 Å². The predicted molar refractivity (Wildman–Crippen MR) is 99.5 cm³/mol. The minimum atomic E-state index is -0.377. The summed E-state index contributed by atoms with van der Waals surface area (Å²) in [5, 5.41) is 3.20. The van der Waals surface area contributed by atoms with Crippen molar-refractivity contribution in [2.75, 3.05) is 12.1 Å². The lowest BCUT2D eigenvalue weighted by Gasteiger charge is -2.30. The van der Waals surface area contributed by atoms with Gasteiger partial charge in [-0.25, -0.2) is 14.4 Å². The van der Waals surface area contributed by atoms with Gasteiger partial charge < -0.3 is 0 Å². The van der Waals surface area contributed by atoms with Crippen LogP contribution in [0.15, 0.2) is 72.9 Å².